The summed E-state index contributed by atoms with van der Waals surface area (Å²) in [6.07, 6.45) is 2.21. The largest absolute Gasteiger partial charge is 0.299 e. The molecule has 3 heteroatoms. The molecule has 2 rings (SSSR count). The van der Waals surface area contributed by atoms with Gasteiger partial charge in [0, 0.05) is 20.9 Å². The van der Waals surface area contributed by atoms with Crippen LogP contribution in [0.1, 0.15) is 17.5 Å². The van der Waals surface area contributed by atoms with Crippen molar-refractivity contribution in [3.63, 3.8) is 0 Å². The number of rotatable bonds is 0. The van der Waals surface area contributed by atoms with Gasteiger partial charge in [0.25, 0.3) is 0 Å². The number of hydrogen-bond donors (Lipinski definition) is 0. The third kappa shape index (κ3) is 1.81. The van der Waals surface area contributed by atoms with Gasteiger partial charge in [0.2, 0.25) is 0 Å². The first-order valence-electron chi connectivity index (χ1n) is 4.16. The number of ketones is 1. The lowest BCUT2D eigenvalue weighted by molar-refractivity contribution is -0.118. The highest BCUT2D eigenvalue weighted by Crippen LogP contribution is 2.30. The summed E-state index contributed by atoms with van der Waals surface area (Å²) in [5.74, 6) is 0.362. The van der Waals surface area contributed by atoms with Crippen LogP contribution >= 0.6 is 38.5 Å². The standard InChI is InChI=1S/C10H8BrIO/c11-10-8-3-2-7(13)5-6(8)1-4-9(10)12/h1,4H,2-3,5H2. The maximum atomic E-state index is 11.2. The van der Waals surface area contributed by atoms with E-state index in [2.05, 4.69) is 50.7 Å². The second-order valence-electron chi connectivity index (χ2n) is 3.21. The SMILES string of the molecule is O=C1CCc2c(ccc(I)c2Br)C1. The van der Waals surface area contributed by atoms with Crippen molar-refractivity contribution in [1.29, 1.82) is 0 Å². The van der Waals surface area contributed by atoms with Gasteiger partial charge in [-0.3, -0.25) is 4.79 Å². The molecule has 1 aromatic rings. The molecule has 0 aromatic heterocycles. The van der Waals surface area contributed by atoms with E-state index in [1.54, 1.807) is 0 Å². The Balaban J connectivity index is 2.53. The number of carbonyl (C=O) groups is 1. The molecular weight excluding hydrogens is 343 g/mol. The molecule has 0 amide bonds. The molecule has 0 radical (unpaired) electrons. The van der Waals surface area contributed by atoms with Crippen LogP contribution in [0.4, 0.5) is 0 Å². The minimum absolute atomic E-state index is 0.362. The number of halogens is 2. The molecular formula is C10H8BrIO. The van der Waals surface area contributed by atoms with Crippen LogP contribution in [0.5, 0.6) is 0 Å². The van der Waals surface area contributed by atoms with Gasteiger partial charge in [-0.1, -0.05) is 6.07 Å². The Hall–Kier alpha value is 0.1000. The van der Waals surface area contributed by atoms with Crippen LogP contribution in [0.25, 0.3) is 0 Å². The van der Waals surface area contributed by atoms with E-state index in [1.165, 1.54) is 19.2 Å². The van der Waals surface area contributed by atoms with Gasteiger partial charge < -0.3 is 0 Å². The van der Waals surface area contributed by atoms with Crippen molar-refractivity contribution in [2.75, 3.05) is 0 Å². The molecule has 68 valence electrons. The van der Waals surface area contributed by atoms with Crippen LogP contribution in [0, 0.1) is 3.57 Å². The quantitative estimate of drug-likeness (QED) is 0.657. The van der Waals surface area contributed by atoms with Crippen LogP contribution in [0.2, 0.25) is 0 Å². The lowest BCUT2D eigenvalue weighted by atomic mass is 9.91. The molecule has 0 heterocycles. The molecule has 0 spiro atoms. The molecule has 0 aliphatic heterocycles. The minimum Gasteiger partial charge on any atom is -0.299 e. The van der Waals surface area contributed by atoms with Gasteiger partial charge in [0.05, 0.1) is 0 Å². The topological polar surface area (TPSA) is 17.1 Å². The second kappa shape index (κ2) is 3.69. The number of carbonyl (C=O) groups excluding carboxylic acids is 1. The molecule has 0 saturated heterocycles. The molecule has 1 nitrogen and oxygen atoms in total. The van der Waals surface area contributed by atoms with Crippen molar-refractivity contribution in [2.45, 2.75) is 19.3 Å². The van der Waals surface area contributed by atoms with Crippen LogP contribution in [0.15, 0.2) is 16.6 Å². The average Bonchev–Trinajstić information content (AvgIpc) is 2.12. The maximum Gasteiger partial charge on any atom is 0.137 e. The highest BCUT2D eigenvalue weighted by Gasteiger charge is 2.18. The van der Waals surface area contributed by atoms with E-state index in [1.807, 2.05) is 0 Å². The highest BCUT2D eigenvalue weighted by molar-refractivity contribution is 14.1. The van der Waals surface area contributed by atoms with Crippen molar-refractivity contribution >= 4 is 44.3 Å². The van der Waals surface area contributed by atoms with Gasteiger partial charge >= 0.3 is 0 Å². The van der Waals surface area contributed by atoms with Crippen molar-refractivity contribution < 1.29 is 4.79 Å². The Morgan fingerprint density at radius 3 is 2.85 bits per heavy atom. The fourth-order valence-corrected chi connectivity index (χ4v) is 2.72. The van der Waals surface area contributed by atoms with Crippen molar-refractivity contribution in [1.82, 2.24) is 0 Å². The molecule has 0 bridgehead atoms. The van der Waals surface area contributed by atoms with Gasteiger partial charge in [0.1, 0.15) is 5.78 Å². The molecule has 13 heavy (non-hydrogen) atoms. The van der Waals surface area contributed by atoms with Gasteiger partial charge in [-0.15, -0.1) is 0 Å². The summed E-state index contributed by atoms with van der Waals surface area (Å²) >= 11 is 5.87. The fraction of sp³-hybridized carbons (Fsp3) is 0.300. The van der Waals surface area contributed by atoms with Gasteiger partial charge in [-0.2, -0.15) is 0 Å². The van der Waals surface area contributed by atoms with Crippen LogP contribution in [-0.4, -0.2) is 5.78 Å². The predicted octanol–water partition coefficient (Wildman–Crippen LogP) is 3.11. The number of hydrogen-bond acceptors (Lipinski definition) is 1. The zero-order valence-corrected chi connectivity index (χ0v) is 10.7. The molecule has 0 atom stereocenters. The summed E-state index contributed by atoms with van der Waals surface area (Å²) in [4.78, 5) is 11.2. The zero-order chi connectivity index (χ0) is 9.42. The van der Waals surface area contributed by atoms with Crippen molar-refractivity contribution in [3.8, 4) is 0 Å². The first-order chi connectivity index (χ1) is 6.18. The molecule has 1 aliphatic carbocycles. The summed E-state index contributed by atoms with van der Waals surface area (Å²) in [5, 5.41) is 0. The third-order valence-electron chi connectivity index (χ3n) is 2.33. The van der Waals surface area contributed by atoms with E-state index in [0.717, 1.165) is 6.42 Å². The summed E-state index contributed by atoms with van der Waals surface area (Å²) < 4.78 is 2.41. The summed E-state index contributed by atoms with van der Waals surface area (Å²) in [7, 11) is 0. The van der Waals surface area contributed by atoms with E-state index >= 15 is 0 Å². The number of Topliss-reactive ketones (excluding diaryl/α,β-unsaturated/α-hetero) is 1. The Morgan fingerprint density at radius 1 is 1.31 bits per heavy atom. The number of fused-ring (bicyclic) bond motifs is 1. The molecule has 0 N–H and O–H groups in total. The smallest absolute Gasteiger partial charge is 0.137 e. The van der Waals surface area contributed by atoms with E-state index in [9.17, 15) is 4.79 Å². The van der Waals surface area contributed by atoms with Crippen LogP contribution in [0.3, 0.4) is 0 Å². The highest BCUT2D eigenvalue weighted by atomic mass is 127. The maximum absolute atomic E-state index is 11.2. The van der Waals surface area contributed by atoms with Crippen molar-refractivity contribution in [2.24, 2.45) is 0 Å². The van der Waals surface area contributed by atoms with E-state index in [0.29, 0.717) is 18.6 Å². The van der Waals surface area contributed by atoms with Gasteiger partial charge in [-0.05, 0) is 62.1 Å². The second-order valence-corrected chi connectivity index (χ2v) is 5.17. The summed E-state index contributed by atoms with van der Waals surface area (Å²) in [6.45, 7) is 0. The molecule has 0 fully saturated rings. The third-order valence-corrected chi connectivity index (χ3v) is 4.88. The molecule has 1 aliphatic rings. The lowest BCUT2D eigenvalue weighted by Crippen LogP contribution is -2.13. The first-order valence-corrected chi connectivity index (χ1v) is 6.03. The van der Waals surface area contributed by atoms with Gasteiger partial charge in [0.15, 0.2) is 0 Å². The lowest BCUT2D eigenvalue weighted by Gasteiger charge is -2.16. The van der Waals surface area contributed by atoms with E-state index < -0.39 is 0 Å². The van der Waals surface area contributed by atoms with Gasteiger partial charge in [-0.25, -0.2) is 0 Å². The number of benzene rings is 1. The first kappa shape index (κ1) is 9.65. The average molecular weight is 351 g/mol. The van der Waals surface area contributed by atoms with Crippen LogP contribution < -0.4 is 0 Å². The Kier molecular flexibility index (Phi) is 2.74. The Bertz CT molecular complexity index is 373. The fourth-order valence-electron chi connectivity index (χ4n) is 1.63. The summed E-state index contributed by atoms with van der Waals surface area (Å²) in [6, 6.07) is 4.13. The van der Waals surface area contributed by atoms with E-state index in [-0.39, 0.29) is 0 Å². The Morgan fingerprint density at radius 2 is 2.08 bits per heavy atom. The Labute approximate surface area is 99.2 Å². The van der Waals surface area contributed by atoms with Crippen molar-refractivity contribution in [3.05, 3.63) is 31.3 Å². The van der Waals surface area contributed by atoms with E-state index in [4.69, 9.17) is 0 Å². The predicted molar refractivity (Wildman–Crippen MR) is 63.9 cm³/mol. The molecule has 0 saturated carbocycles. The van der Waals surface area contributed by atoms with Crippen LogP contribution in [-0.2, 0) is 17.6 Å². The summed E-state index contributed by atoms with van der Waals surface area (Å²) in [5.41, 5.74) is 2.52. The minimum atomic E-state index is 0.362. The zero-order valence-electron chi connectivity index (χ0n) is 6.94. The molecule has 1 aromatic carbocycles. The monoisotopic (exact) mass is 350 g/mol. The molecule has 0 unspecified atom stereocenters. The normalized spacial score (nSPS) is 15.7.